The van der Waals surface area contributed by atoms with Crippen molar-refractivity contribution < 1.29 is 7.65 Å². The van der Waals surface area contributed by atoms with Crippen LogP contribution in [0.4, 0.5) is 0 Å². The predicted molar refractivity (Wildman–Crippen MR) is 75.2 cm³/mol. The van der Waals surface area contributed by atoms with Gasteiger partial charge in [0.15, 0.2) is 0 Å². The fourth-order valence-electron chi connectivity index (χ4n) is 2.19. The van der Waals surface area contributed by atoms with Crippen LogP contribution in [-0.4, -0.2) is 50.2 Å². The molecule has 0 radical (unpaired) electrons. The Morgan fingerprint density at radius 1 is 1.12 bits per heavy atom. The number of carbonyl (C=O) groups is 1. The molecule has 0 saturated heterocycles. The minimum absolute atomic E-state index is 0. The van der Waals surface area contributed by atoms with Crippen molar-refractivity contribution in [1.29, 1.82) is 0 Å². The van der Waals surface area contributed by atoms with Crippen molar-refractivity contribution in [2.24, 2.45) is 0 Å². The van der Waals surface area contributed by atoms with Crippen LogP contribution in [0.15, 0.2) is 36.4 Å². The molecule has 1 N–H and O–H groups in total. The Balaban J connectivity index is 0. The van der Waals surface area contributed by atoms with E-state index in [1.54, 1.807) is 0 Å². The van der Waals surface area contributed by atoms with Gasteiger partial charge in [-0.25, -0.2) is 0 Å². The predicted octanol–water partition coefficient (Wildman–Crippen LogP) is 2.39. The van der Waals surface area contributed by atoms with Crippen molar-refractivity contribution in [2.45, 2.75) is 6.42 Å². The average Bonchev–Trinajstić information content (AvgIpc) is 2.29. The van der Waals surface area contributed by atoms with Gasteiger partial charge in [-0.05, 0) is 22.8 Å². The van der Waals surface area contributed by atoms with E-state index in [2.05, 4.69) is 17.4 Å². The number of halogens is 1. The molecule has 0 spiro atoms. The molecule has 2 aromatic rings. The van der Waals surface area contributed by atoms with Gasteiger partial charge in [-0.2, -0.15) is 0 Å². The summed E-state index contributed by atoms with van der Waals surface area (Å²) in [5.41, 5.74) is 2.02. The maximum Gasteiger partial charge on any atom is 2.00 e. The van der Waals surface area contributed by atoms with E-state index < -0.39 is 0 Å². The SMILES string of the molecule is Cl.O=C1NCCc2ccc3ccccc3c21.[Ca+2].[H-].[H-]. The zero-order chi connectivity index (χ0) is 10.3. The Morgan fingerprint density at radius 3 is 2.71 bits per heavy atom. The first-order chi connectivity index (χ1) is 7.36. The van der Waals surface area contributed by atoms with Gasteiger partial charge in [0.05, 0.1) is 5.56 Å². The molecule has 0 saturated carbocycles. The Kier molecular flexibility index (Phi) is 5.26. The first kappa shape index (κ1) is 14.8. The third-order valence-electron chi connectivity index (χ3n) is 2.92. The molecular weight excluding hydrogens is 262 g/mol. The van der Waals surface area contributed by atoms with Crippen molar-refractivity contribution in [3.05, 3.63) is 47.5 Å². The summed E-state index contributed by atoms with van der Waals surface area (Å²) < 4.78 is 0. The second-order valence-corrected chi connectivity index (χ2v) is 3.83. The Labute approximate surface area is 139 Å². The molecule has 0 atom stereocenters. The molecule has 4 heteroatoms. The Morgan fingerprint density at radius 2 is 1.88 bits per heavy atom. The fraction of sp³-hybridized carbons (Fsp3) is 0.154. The van der Waals surface area contributed by atoms with Crippen LogP contribution in [0, 0.1) is 0 Å². The topological polar surface area (TPSA) is 29.1 Å². The number of rotatable bonds is 0. The molecule has 0 unspecified atom stereocenters. The summed E-state index contributed by atoms with van der Waals surface area (Å²) in [6.07, 6.45) is 0.936. The summed E-state index contributed by atoms with van der Waals surface area (Å²) in [6.45, 7) is 0.754. The van der Waals surface area contributed by atoms with E-state index in [-0.39, 0.29) is 58.9 Å². The van der Waals surface area contributed by atoms with E-state index in [0.717, 1.165) is 34.9 Å². The largest absolute Gasteiger partial charge is 2.00 e. The van der Waals surface area contributed by atoms with Gasteiger partial charge in [-0.15, -0.1) is 12.4 Å². The third-order valence-corrected chi connectivity index (χ3v) is 2.92. The third kappa shape index (κ3) is 2.60. The molecule has 0 bridgehead atoms. The van der Waals surface area contributed by atoms with E-state index in [0.29, 0.717) is 0 Å². The Hall–Kier alpha value is -0.280. The van der Waals surface area contributed by atoms with Gasteiger partial charge in [0.1, 0.15) is 0 Å². The number of amides is 1. The molecule has 0 aliphatic carbocycles. The molecular formula is C13H14CaClNO. The Bertz CT molecular complexity index is 565. The maximum atomic E-state index is 11.8. The van der Waals surface area contributed by atoms with Gasteiger partial charge in [-0.1, -0.05) is 36.4 Å². The van der Waals surface area contributed by atoms with Crippen LogP contribution in [0.1, 0.15) is 18.8 Å². The van der Waals surface area contributed by atoms with Gasteiger partial charge < -0.3 is 8.17 Å². The van der Waals surface area contributed by atoms with E-state index in [1.807, 2.05) is 24.3 Å². The minimum atomic E-state index is 0. The molecule has 0 aromatic heterocycles. The zero-order valence-corrected chi connectivity index (χ0v) is 12.4. The van der Waals surface area contributed by atoms with Gasteiger partial charge in [0.2, 0.25) is 0 Å². The number of nitrogens with one attached hydrogen (secondary N) is 1. The summed E-state index contributed by atoms with van der Waals surface area (Å²) in [5, 5.41) is 5.09. The molecule has 1 aliphatic rings. The van der Waals surface area contributed by atoms with Crippen LogP contribution < -0.4 is 5.32 Å². The van der Waals surface area contributed by atoms with E-state index in [4.69, 9.17) is 0 Å². The molecule has 1 aliphatic heterocycles. The standard InChI is InChI=1S/C13H11NO.Ca.ClH.2H/c15-13-12-10(7-8-14-13)6-5-9-3-1-2-4-11(9)12;;;;/h1-6H,7-8H2,(H,14,15);;1H;;/q;+2;;2*-1. The minimum Gasteiger partial charge on any atom is -1.00 e. The molecule has 17 heavy (non-hydrogen) atoms. The van der Waals surface area contributed by atoms with Crippen molar-refractivity contribution in [1.82, 2.24) is 5.32 Å². The van der Waals surface area contributed by atoms with Crippen molar-refractivity contribution in [3.63, 3.8) is 0 Å². The number of hydrogen-bond acceptors (Lipinski definition) is 1. The van der Waals surface area contributed by atoms with Crippen molar-refractivity contribution in [3.8, 4) is 0 Å². The van der Waals surface area contributed by atoms with Crippen molar-refractivity contribution >= 4 is 66.8 Å². The van der Waals surface area contributed by atoms with Crippen LogP contribution in [0.2, 0.25) is 0 Å². The molecule has 0 fully saturated rings. The van der Waals surface area contributed by atoms with Crippen LogP contribution in [-0.2, 0) is 6.42 Å². The second kappa shape index (κ2) is 6.05. The van der Waals surface area contributed by atoms with E-state index >= 15 is 0 Å². The summed E-state index contributed by atoms with van der Waals surface area (Å²) in [4.78, 5) is 11.8. The molecule has 2 aromatic carbocycles. The molecule has 1 heterocycles. The quantitative estimate of drug-likeness (QED) is 0.735. The molecule has 1 amide bonds. The van der Waals surface area contributed by atoms with Crippen LogP contribution in [0.25, 0.3) is 10.8 Å². The first-order valence-corrected chi connectivity index (χ1v) is 5.15. The molecule has 3 rings (SSSR count). The van der Waals surface area contributed by atoms with Crippen LogP contribution in [0.3, 0.4) is 0 Å². The smallest absolute Gasteiger partial charge is 1.00 e. The maximum absolute atomic E-state index is 11.8. The fourth-order valence-corrected chi connectivity index (χ4v) is 2.19. The number of benzene rings is 2. The zero-order valence-electron chi connectivity index (χ0n) is 11.4. The van der Waals surface area contributed by atoms with Crippen LogP contribution >= 0.6 is 12.4 Å². The van der Waals surface area contributed by atoms with Crippen LogP contribution in [0.5, 0.6) is 0 Å². The number of carbonyl (C=O) groups excluding carboxylic acids is 1. The van der Waals surface area contributed by atoms with E-state index in [1.165, 1.54) is 0 Å². The number of hydrogen-bond donors (Lipinski definition) is 1. The molecule has 86 valence electrons. The first-order valence-electron chi connectivity index (χ1n) is 5.15. The summed E-state index contributed by atoms with van der Waals surface area (Å²) in [7, 11) is 0. The summed E-state index contributed by atoms with van der Waals surface area (Å²) in [6, 6.07) is 12.2. The summed E-state index contributed by atoms with van der Waals surface area (Å²) >= 11 is 0. The normalized spacial score (nSPS) is 13.1. The van der Waals surface area contributed by atoms with Crippen molar-refractivity contribution in [2.75, 3.05) is 6.54 Å². The van der Waals surface area contributed by atoms with Gasteiger partial charge in [-0.3, -0.25) is 4.79 Å². The van der Waals surface area contributed by atoms with Gasteiger partial charge >= 0.3 is 37.7 Å². The number of fused-ring (bicyclic) bond motifs is 3. The monoisotopic (exact) mass is 275 g/mol. The summed E-state index contributed by atoms with van der Waals surface area (Å²) in [5.74, 6) is 0.0630. The van der Waals surface area contributed by atoms with Gasteiger partial charge in [0, 0.05) is 6.54 Å². The second-order valence-electron chi connectivity index (χ2n) is 3.83. The van der Waals surface area contributed by atoms with E-state index in [9.17, 15) is 4.79 Å². The van der Waals surface area contributed by atoms with Gasteiger partial charge in [0.25, 0.3) is 5.91 Å². The molecule has 2 nitrogen and oxygen atoms in total. The average molecular weight is 276 g/mol.